The van der Waals surface area contributed by atoms with E-state index in [1.54, 1.807) is 37.5 Å². The lowest BCUT2D eigenvalue weighted by atomic mass is 10.1. The number of carbonyl (C=O) groups is 1. The van der Waals surface area contributed by atoms with Crippen molar-refractivity contribution in [2.75, 3.05) is 7.05 Å². The molecule has 4 heteroatoms. The minimum atomic E-state index is -0.304. The molecular weight excluding hydrogens is 279 g/mol. The van der Waals surface area contributed by atoms with Gasteiger partial charge in [-0.15, -0.1) is 0 Å². The van der Waals surface area contributed by atoms with E-state index >= 15 is 0 Å². The van der Waals surface area contributed by atoms with Crippen molar-refractivity contribution in [3.05, 3.63) is 77.7 Å². The Morgan fingerprint density at radius 3 is 2.64 bits per heavy atom. The molecule has 1 amide bonds. The molecule has 0 spiro atoms. The molecule has 0 fully saturated rings. The monoisotopic (exact) mass is 294 g/mol. The van der Waals surface area contributed by atoms with E-state index in [0.29, 0.717) is 11.1 Å². The van der Waals surface area contributed by atoms with Crippen molar-refractivity contribution < 1.29 is 9.18 Å². The van der Waals surface area contributed by atoms with Gasteiger partial charge >= 0.3 is 0 Å². The van der Waals surface area contributed by atoms with Crippen LogP contribution in [0.1, 0.15) is 15.9 Å². The highest BCUT2D eigenvalue weighted by molar-refractivity contribution is 6.05. The van der Waals surface area contributed by atoms with Crippen LogP contribution in [0.15, 0.2) is 60.8 Å². The van der Waals surface area contributed by atoms with Gasteiger partial charge in [0.1, 0.15) is 5.82 Å². The third-order valence-corrected chi connectivity index (χ3v) is 3.59. The predicted molar refractivity (Wildman–Crippen MR) is 83.9 cm³/mol. The lowest BCUT2D eigenvalue weighted by Crippen LogP contribution is -2.26. The molecule has 22 heavy (non-hydrogen) atoms. The number of nitrogens with zero attached hydrogens (tertiary/aromatic N) is 2. The van der Waals surface area contributed by atoms with Crippen LogP contribution in [0.25, 0.3) is 10.9 Å². The van der Waals surface area contributed by atoms with Gasteiger partial charge in [-0.2, -0.15) is 0 Å². The first-order valence-corrected chi connectivity index (χ1v) is 6.99. The Morgan fingerprint density at radius 1 is 1.09 bits per heavy atom. The summed E-state index contributed by atoms with van der Waals surface area (Å²) in [6.07, 6.45) is 1.62. The van der Waals surface area contributed by atoms with Crippen molar-refractivity contribution in [2.24, 2.45) is 0 Å². The SMILES string of the molecule is CN(Cc1ccccc1F)C(=O)c1ccnc2ccccc12. The van der Waals surface area contributed by atoms with Crippen molar-refractivity contribution >= 4 is 16.8 Å². The first-order chi connectivity index (χ1) is 10.7. The molecule has 1 aromatic heterocycles. The topological polar surface area (TPSA) is 33.2 Å². The molecule has 1 heterocycles. The summed E-state index contributed by atoms with van der Waals surface area (Å²) in [4.78, 5) is 18.4. The summed E-state index contributed by atoms with van der Waals surface area (Å²) in [6, 6.07) is 15.7. The zero-order valence-electron chi connectivity index (χ0n) is 12.2. The Balaban J connectivity index is 1.91. The molecule has 0 saturated heterocycles. The fourth-order valence-corrected chi connectivity index (χ4v) is 2.44. The molecule has 110 valence electrons. The van der Waals surface area contributed by atoms with Gasteiger partial charge in [0.15, 0.2) is 0 Å². The lowest BCUT2D eigenvalue weighted by molar-refractivity contribution is 0.0785. The fourth-order valence-electron chi connectivity index (χ4n) is 2.44. The molecule has 0 aliphatic heterocycles. The second-order valence-corrected chi connectivity index (χ2v) is 5.13. The molecular formula is C18H15FN2O. The highest BCUT2D eigenvalue weighted by Gasteiger charge is 2.16. The van der Waals surface area contributed by atoms with Gasteiger partial charge in [0.2, 0.25) is 0 Å². The minimum Gasteiger partial charge on any atom is -0.337 e. The van der Waals surface area contributed by atoms with E-state index in [1.807, 2.05) is 24.3 Å². The maximum absolute atomic E-state index is 13.7. The number of rotatable bonds is 3. The summed E-state index contributed by atoms with van der Waals surface area (Å²) in [5.74, 6) is -0.455. The maximum Gasteiger partial charge on any atom is 0.254 e. The first kappa shape index (κ1) is 14.2. The molecule has 2 aromatic carbocycles. The van der Waals surface area contributed by atoms with Gasteiger partial charge in [-0.25, -0.2) is 4.39 Å². The predicted octanol–water partition coefficient (Wildman–Crippen LogP) is 3.65. The Hall–Kier alpha value is -2.75. The Kier molecular flexibility index (Phi) is 3.83. The van der Waals surface area contributed by atoms with Crippen LogP contribution in [-0.4, -0.2) is 22.8 Å². The molecule has 0 radical (unpaired) electrons. The molecule has 3 rings (SSSR count). The average molecular weight is 294 g/mol. The number of benzene rings is 2. The van der Waals surface area contributed by atoms with Crippen LogP contribution < -0.4 is 0 Å². The highest BCUT2D eigenvalue weighted by atomic mass is 19.1. The number of carbonyl (C=O) groups excluding carboxylic acids is 1. The number of pyridine rings is 1. The maximum atomic E-state index is 13.7. The lowest BCUT2D eigenvalue weighted by Gasteiger charge is -2.18. The van der Waals surface area contributed by atoms with Crippen molar-refractivity contribution in [1.82, 2.24) is 9.88 Å². The minimum absolute atomic E-state index is 0.151. The third-order valence-electron chi connectivity index (χ3n) is 3.59. The normalized spacial score (nSPS) is 10.6. The summed E-state index contributed by atoms with van der Waals surface area (Å²) in [5, 5.41) is 0.801. The third kappa shape index (κ3) is 2.68. The second-order valence-electron chi connectivity index (χ2n) is 5.13. The van der Waals surface area contributed by atoms with Crippen molar-refractivity contribution in [3.8, 4) is 0 Å². The van der Waals surface area contributed by atoms with E-state index in [9.17, 15) is 9.18 Å². The van der Waals surface area contributed by atoms with Crippen LogP contribution >= 0.6 is 0 Å². The Bertz CT molecular complexity index is 827. The molecule has 0 bridgehead atoms. The van der Waals surface area contributed by atoms with Crippen molar-refractivity contribution in [1.29, 1.82) is 0 Å². The largest absolute Gasteiger partial charge is 0.337 e. The zero-order valence-corrected chi connectivity index (χ0v) is 12.2. The van der Waals surface area contributed by atoms with E-state index in [0.717, 1.165) is 10.9 Å². The van der Waals surface area contributed by atoms with Crippen LogP contribution in [-0.2, 0) is 6.54 Å². The van der Waals surface area contributed by atoms with Gasteiger partial charge < -0.3 is 4.90 Å². The van der Waals surface area contributed by atoms with Crippen LogP contribution in [0.3, 0.4) is 0 Å². The van der Waals surface area contributed by atoms with Gasteiger partial charge in [-0.3, -0.25) is 9.78 Å². The number of para-hydroxylation sites is 1. The number of hydrogen-bond acceptors (Lipinski definition) is 2. The molecule has 3 nitrogen and oxygen atoms in total. The van der Waals surface area contributed by atoms with Gasteiger partial charge in [0, 0.05) is 30.7 Å². The smallest absolute Gasteiger partial charge is 0.254 e. The first-order valence-electron chi connectivity index (χ1n) is 6.99. The van der Waals surface area contributed by atoms with Gasteiger partial charge in [-0.1, -0.05) is 36.4 Å². The van der Waals surface area contributed by atoms with Crippen LogP contribution in [0, 0.1) is 5.82 Å². The number of amides is 1. The molecule has 0 atom stereocenters. The van der Waals surface area contributed by atoms with E-state index in [4.69, 9.17) is 0 Å². The van der Waals surface area contributed by atoms with Crippen LogP contribution in [0.5, 0.6) is 0 Å². The molecule has 0 unspecified atom stereocenters. The van der Waals surface area contributed by atoms with E-state index in [2.05, 4.69) is 4.98 Å². The van der Waals surface area contributed by atoms with Crippen LogP contribution in [0.4, 0.5) is 4.39 Å². The molecule has 0 aliphatic rings. The van der Waals surface area contributed by atoms with E-state index in [1.165, 1.54) is 11.0 Å². The standard InChI is InChI=1S/C18H15FN2O/c1-21(12-13-6-2-4-8-16(13)19)18(22)15-10-11-20-17-9-5-3-7-14(15)17/h2-11H,12H2,1H3. The van der Waals surface area contributed by atoms with Crippen molar-refractivity contribution in [3.63, 3.8) is 0 Å². The van der Waals surface area contributed by atoms with Gasteiger partial charge in [0.25, 0.3) is 5.91 Å². The summed E-state index contributed by atoms with van der Waals surface area (Å²) in [6.45, 7) is 0.224. The molecule has 0 saturated carbocycles. The fraction of sp³-hybridized carbons (Fsp3) is 0.111. The number of halogens is 1. The summed E-state index contributed by atoms with van der Waals surface area (Å²) < 4.78 is 13.7. The van der Waals surface area contributed by atoms with Gasteiger partial charge in [0.05, 0.1) is 11.1 Å². The number of fused-ring (bicyclic) bond motifs is 1. The Morgan fingerprint density at radius 2 is 1.82 bits per heavy atom. The highest BCUT2D eigenvalue weighted by Crippen LogP contribution is 2.19. The average Bonchev–Trinajstić information content (AvgIpc) is 2.55. The second kappa shape index (κ2) is 5.93. The van der Waals surface area contributed by atoms with Gasteiger partial charge in [-0.05, 0) is 18.2 Å². The van der Waals surface area contributed by atoms with Crippen LogP contribution in [0.2, 0.25) is 0 Å². The molecule has 0 N–H and O–H groups in total. The number of aromatic nitrogens is 1. The summed E-state index contributed by atoms with van der Waals surface area (Å²) in [7, 11) is 1.67. The van der Waals surface area contributed by atoms with E-state index < -0.39 is 0 Å². The zero-order chi connectivity index (χ0) is 15.5. The molecule has 3 aromatic rings. The van der Waals surface area contributed by atoms with Crippen molar-refractivity contribution in [2.45, 2.75) is 6.54 Å². The number of hydrogen-bond donors (Lipinski definition) is 0. The molecule has 0 aliphatic carbocycles. The van der Waals surface area contributed by atoms with E-state index in [-0.39, 0.29) is 18.3 Å². The summed E-state index contributed by atoms with van der Waals surface area (Å²) >= 11 is 0. The summed E-state index contributed by atoms with van der Waals surface area (Å²) in [5.41, 5.74) is 1.84. The quantitative estimate of drug-likeness (QED) is 0.739. The Labute approximate surface area is 128 Å².